The highest BCUT2D eigenvalue weighted by Crippen LogP contribution is 2.61. The topological polar surface area (TPSA) is 26.3 Å². The van der Waals surface area contributed by atoms with E-state index in [2.05, 4.69) is 74.1 Å². The van der Waals surface area contributed by atoms with Crippen molar-refractivity contribution < 1.29 is 9.22 Å². The van der Waals surface area contributed by atoms with Crippen molar-refractivity contribution in [3.63, 3.8) is 0 Å². The van der Waals surface area contributed by atoms with Crippen LogP contribution in [0.15, 0.2) is 60.7 Å². The summed E-state index contributed by atoms with van der Waals surface area (Å²) >= 11 is 0. The average molecular weight is 351 g/mol. The molecule has 3 unspecified atom stereocenters. The first-order valence-corrected chi connectivity index (χ1v) is 11.8. The molecule has 0 aliphatic heterocycles. The van der Waals surface area contributed by atoms with Crippen LogP contribution in [0, 0.1) is 23.7 Å². The second-order valence-corrected chi connectivity index (χ2v) is 11.3. The molecule has 0 spiro atoms. The van der Waals surface area contributed by atoms with Crippen LogP contribution in [0.3, 0.4) is 0 Å². The Labute approximate surface area is 151 Å². The van der Waals surface area contributed by atoms with Gasteiger partial charge in [0, 0.05) is 12.0 Å². The summed E-state index contributed by atoms with van der Waals surface area (Å²) in [5, 5.41) is 2.67. The molecule has 130 valence electrons. The van der Waals surface area contributed by atoms with Crippen molar-refractivity contribution in [3.8, 4) is 0 Å². The smallest absolute Gasteiger partial charge is 0.253 e. The SMILES string of the molecule is CC(C=O)C1[C@H]2CC(O[Si](C)(c3ccccc3)c3ccccc3)C[C@@H]12. The molecular weight excluding hydrogens is 324 g/mol. The Kier molecular flexibility index (Phi) is 4.38. The van der Waals surface area contributed by atoms with Crippen molar-refractivity contribution in [2.75, 3.05) is 0 Å². The molecule has 0 bridgehead atoms. The van der Waals surface area contributed by atoms with Crippen molar-refractivity contribution in [1.82, 2.24) is 0 Å². The van der Waals surface area contributed by atoms with Crippen LogP contribution in [0.25, 0.3) is 0 Å². The van der Waals surface area contributed by atoms with E-state index in [9.17, 15) is 4.79 Å². The number of benzene rings is 2. The molecule has 3 heteroatoms. The van der Waals surface area contributed by atoms with Crippen molar-refractivity contribution in [2.24, 2.45) is 23.7 Å². The molecule has 4 rings (SSSR count). The molecule has 2 aromatic rings. The van der Waals surface area contributed by atoms with E-state index in [-0.39, 0.29) is 5.92 Å². The lowest BCUT2D eigenvalue weighted by atomic mass is 9.99. The van der Waals surface area contributed by atoms with E-state index >= 15 is 0 Å². The second-order valence-electron chi connectivity index (χ2n) is 7.88. The van der Waals surface area contributed by atoms with Gasteiger partial charge in [-0.25, -0.2) is 0 Å². The normalized spacial score (nSPS) is 29.0. The van der Waals surface area contributed by atoms with Gasteiger partial charge in [0.15, 0.2) is 0 Å². The molecule has 0 aromatic heterocycles. The molecule has 0 heterocycles. The van der Waals surface area contributed by atoms with Gasteiger partial charge >= 0.3 is 0 Å². The Hall–Kier alpha value is -1.71. The summed E-state index contributed by atoms with van der Waals surface area (Å²) in [6.07, 6.45) is 3.71. The van der Waals surface area contributed by atoms with Crippen molar-refractivity contribution in [2.45, 2.75) is 32.4 Å². The van der Waals surface area contributed by atoms with E-state index in [0.717, 1.165) is 19.1 Å². The Morgan fingerprint density at radius 3 is 1.88 bits per heavy atom. The summed E-state index contributed by atoms with van der Waals surface area (Å²) in [5.74, 6) is 2.23. The fourth-order valence-electron chi connectivity index (χ4n) is 4.96. The van der Waals surface area contributed by atoms with Crippen LogP contribution in [-0.4, -0.2) is 20.7 Å². The first kappa shape index (κ1) is 16.7. The molecular formula is C22H26O2Si. The maximum absolute atomic E-state index is 11.1. The van der Waals surface area contributed by atoms with Crippen LogP contribution in [0.2, 0.25) is 6.55 Å². The third kappa shape index (κ3) is 3.00. The molecule has 2 aliphatic carbocycles. The maximum Gasteiger partial charge on any atom is 0.253 e. The zero-order chi connectivity index (χ0) is 17.4. The molecule has 2 saturated carbocycles. The fraction of sp³-hybridized carbons (Fsp3) is 0.409. The minimum Gasteiger partial charge on any atom is -0.405 e. The average Bonchev–Trinajstić information content (AvgIpc) is 3.17. The van der Waals surface area contributed by atoms with Gasteiger partial charge in [0.05, 0.1) is 0 Å². The largest absolute Gasteiger partial charge is 0.405 e. The molecule has 5 atom stereocenters. The second kappa shape index (κ2) is 6.54. The Morgan fingerprint density at radius 2 is 1.44 bits per heavy atom. The number of fused-ring (bicyclic) bond motifs is 1. The van der Waals surface area contributed by atoms with E-state index in [1.54, 1.807) is 0 Å². The van der Waals surface area contributed by atoms with Crippen LogP contribution in [0.4, 0.5) is 0 Å². The van der Waals surface area contributed by atoms with Crippen LogP contribution in [-0.2, 0) is 9.22 Å². The number of hydrogen-bond acceptors (Lipinski definition) is 2. The first-order chi connectivity index (χ1) is 12.1. The minimum atomic E-state index is -2.20. The van der Waals surface area contributed by atoms with E-state index in [1.165, 1.54) is 10.4 Å². The molecule has 2 fully saturated rings. The van der Waals surface area contributed by atoms with Crippen LogP contribution in [0.1, 0.15) is 19.8 Å². The third-order valence-corrected chi connectivity index (χ3v) is 10.0. The predicted octanol–water partition coefficient (Wildman–Crippen LogP) is 3.25. The molecule has 25 heavy (non-hydrogen) atoms. The Morgan fingerprint density at radius 1 is 0.960 bits per heavy atom. The summed E-state index contributed by atoms with van der Waals surface area (Å²) in [5.41, 5.74) is 0. The number of carbonyl (C=O) groups excluding carboxylic acids is 1. The lowest BCUT2D eigenvalue weighted by Crippen LogP contribution is -2.59. The fourth-order valence-corrected chi connectivity index (χ4v) is 8.08. The summed E-state index contributed by atoms with van der Waals surface area (Å²) in [6.45, 7) is 4.39. The van der Waals surface area contributed by atoms with Crippen LogP contribution in [0.5, 0.6) is 0 Å². The summed E-state index contributed by atoms with van der Waals surface area (Å²) < 4.78 is 6.88. The lowest BCUT2D eigenvalue weighted by Gasteiger charge is -2.33. The monoisotopic (exact) mass is 350 g/mol. The Balaban J connectivity index is 1.55. The van der Waals surface area contributed by atoms with E-state index < -0.39 is 8.32 Å². The van der Waals surface area contributed by atoms with E-state index in [1.807, 2.05) is 0 Å². The molecule has 0 saturated heterocycles. The zero-order valence-electron chi connectivity index (χ0n) is 15.0. The summed E-state index contributed by atoms with van der Waals surface area (Å²) in [6, 6.07) is 21.4. The minimum absolute atomic E-state index is 0.211. The van der Waals surface area contributed by atoms with Crippen molar-refractivity contribution in [3.05, 3.63) is 60.7 Å². The van der Waals surface area contributed by atoms with Gasteiger partial charge in [0.2, 0.25) is 0 Å². The van der Waals surface area contributed by atoms with Gasteiger partial charge in [0.1, 0.15) is 6.29 Å². The maximum atomic E-state index is 11.1. The zero-order valence-corrected chi connectivity index (χ0v) is 16.0. The molecule has 0 N–H and O–H groups in total. The van der Waals surface area contributed by atoms with Gasteiger partial charge in [-0.15, -0.1) is 0 Å². The summed E-state index contributed by atoms with van der Waals surface area (Å²) in [7, 11) is -2.20. The molecule has 0 amide bonds. The molecule has 2 aromatic carbocycles. The summed E-state index contributed by atoms with van der Waals surface area (Å²) in [4.78, 5) is 11.1. The molecule has 0 radical (unpaired) electrons. The highest BCUT2D eigenvalue weighted by atomic mass is 28.4. The molecule has 2 nitrogen and oxygen atoms in total. The van der Waals surface area contributed by atoms with Gasteiger partial charge in [-0.1, -0.05) is 67.6 Å². The van der Waals surface area contributed by atoms with Crippen molar-refractivity contribution >= 4 is 25.0 Å². The van der Waals surface area contributed by atoms with Gasteiger partial charge in [0.25, 0.3) is 8.32 Å². The standard InChI is InChI=1S/C22H26O2Si/c1-16(15-23)22-20-13-17(14-21(20)22)24-25(2,18-9-5-3-6-10-18)19-11-7-4-8-12-19/h3-12,15-17,20-22H,13-14H2,1-2H3/t16?,17?,20-,21+,22?. The van der Waals surface area contributed by atoms with Gasteiger partial charge < -0.3 is 9.22 Å². The van der Waals surface area contributed by atoms with Crippen molar-refractivity contribution in [1.29, 1.82) is 0 Å². The van der Waals surface area contributed by atoms with Gasteiger partial charge in [-0.3, -0.25) is 0 Å². The Bertz CT molecular complexity index is 679. The molecule has 2 aliphatic rings. The van der Waals surface area contributed by atoms with Crippen LogP contribution < -0.4 is 10.4 Å². The quantitative estimate of drug-likeness (QED) is 0.590. The third-order valence-electron chi connectivity index (χ3n) is 6.34. The number of rotatable bonds is 6. The number of carbonyl (C=O) groups is 1. The van der Waals surface area contributed by atoms with Crippen LogP contribution >= 0.6 is 0 Å². The van der Waals surface area contributed by atoms with Gasteiger partial charge in [-0.2, -0.15) is 0 Å². The van der Waals surface area contributed by atoms with E-state index in [0.29, 0.717) is 23.9 Å². The highest BCUT2D eigenvalue weighted by Gasteiger charge is 2.58. The number of aldehydes is 1. The first-order valence-electron chi connectivity index (χ1n) is 9.37. The predicted molar refractivity (Wildman–Crippen MR) is 104 cm³/mol. The highest BCUT2D eigenvalue weighted by molar-refractivity contribution is 6.96. The lowest BCUT2D eigenvalue weighted by molar-refractivity contribution is -0.111. The van der Waals surface area contributed by atoms with E-state index in [4.69, 9.17) is 4.43 Å². The van der Waals surface area contributed by atoms with Gasteiger partial charge in [-0.05, 0) is 47.5 Å². The number of hydrogen-bond donors (Lipinski definition) is 0.